The Hall–Kier alpha value is -1.75. The molecule has 0 unspecified atom stereocenters. The number of nitrogens with zero attached hydrogens (tertiary/aromatic N) is 2. The van der Waals surface area contributed by atoms with Gasteiger partial charge < -0.3 is 14.2 Å². The summed E-state index contributed by atoms with van der Waals surface area (Å²) in [5.41, 5.74) is 0.588. The van der Waals surface area contributed by atoms with Crippen LogP contribution in [0.4, 0.5) is 0 Å². The van der Waals surface area contributed by atoms with Crippen LogP contribution in [-0.4, -0.2) is 31.3 Å². The second-order valence-corrected chi connectivity index (χ2v) is 3.56. The minimum atomic E-state index is 0.156. The van der Waals surface area contributed by atoms with E-state index in [2.05, 4.69) is 9.97 Å². The summed E-state index contributed by atoms with van der Waals surface area (Å²) in [6.07, 6.45) is 1.61. The molecule has 90 valence electrons. The topological polar surface area (TPSA) is 53.5 Å². The maximum Gasteiger partial charge on any atom is 0.223 e. The zero-order chi connectivity index (χ0) is 12.4. The first-order valence-corrected chi connectivity index (χ1v) is 5.20. The maximum atomic E-state index is 5.77. The number of rotatable bonds is 3. The predicted octanol–water partition coefficient (Wildman–Crippen LogP) is 2.31. The second-order valence-electron chi connectivity index (χ2n) is 3.22. The molecule has 2 rings (SSSR count). The van der Waals surface area contributed by atoms with E-state index >= 15 is 0 Å². The molecule has 1 aromatic heterocycles. The molecule has 0 aliphatic rings. The molecule has 0 radical (unpaired) electrons. The zero-order valence-corrected chi connectivity index (χ0v) is 10.4. The van der Waals surface area contributed by atoms with Crippen LogP contribution in [0.2, 0.25) is 5.28 Å². The lowest BCUT2D eigenvalue weighted by molar-refractivity contribution is 0.327. The molecular weight excluding hydrogens is 244 g/mol. The predicted molar refractivity (Wildman–Crippen MR) is 64.2 cm³/mol. The number of aromatic nitrogens is 2. The highest BCUT2D eigenvalue weighted by Gasteiger charge is 2.17. The molecule has 0 saturated carbocycles. The number of benzene rings is 1. The Labute approximate surface area is 103 Å². The Morgan fingerprint density at radius 1 is 1.06 bits per heavy atom. The van der Waals surface area contributed by atoms with Crippen LogP contribution < -0.4 is 14.2 Å². The maximum absolute atomic E-state index is 5.77. The first-order chi connectivity index (χ1) is 8.21. The number of halogens is 1. The lowest BCUT2D eigenvalue weighted by Gasteiger charge is -2.13. The molecule has 5 nitrogen and oxygen atoms in total. The van der Waals surface area contributed by atoms with Gasteiger partial charge in [0.15, 0.2) is 11.5 Å². The van der Waals surface area contributed by atoms with Crippen molar-refractivity contribution >= 4 is 22.5 Å². The van der Waals surface area contributed by atoms with E-state index in [9.17, 15) is 0 Å². The van der Waals surface area contributed by atoms with Crippen molar-refractivity contribution in [2.45, 2.75) is 0 Å². The summed E-state index contributed by atoms with van der Waals surface area (Å²) in [7, 11) is 4.63. The Balaban J connectivity index is 2.84. The number of hydrogen-bond acceptors (Lipinski definition) is 5. The second kappa shape index (κ2) is 4.63. The molecule has 0 spiro atoms. The number of hydrogen-bond donors (Lipinski definition) is 0. The van der Waals surface area contributed by atoms with Crippen molar-refractivity contribution in [3.05, 3.63) is 17.5 Å². The van der Waals surface area contributed by atoms with Gasteiger partial charge in [0.2, 0.25) is 11.0 Å². The molecule has 0 saturated heterocycles. The van der Waals surface area contributed by atoms with Crippen molar-refractivity contribution in [3.8, 4) is 17.2 Å². The van der Waals surface area contributed by atoms with Crippen molar-refractivity contribution in [1.29, 1.82) is 0 Å². The minimum Gasteiger partial charge on any atom is -0.493 e. The molecule has 0 N–H and O–H groups in total. The third-order valence-corrected chi connectivity index (χ3v) is 2.53. The van der Waals surface area contributed by atoms with E-state index in [1.54, 1.807) is 19.4 Å². The van der Waals surface area contributed by atoms with Gasteiger partial charge in [0.05, 0.1) is 21.3 Å². The highest BCUT2D eigenvalue weighted by molar-refractivity contribution is 6.28. The monoisotopic (exact) mass is 254 g/mol. The molecule has 0 aliphatic heterocycles. The van der Waals surface area contributed by atoms with Gasteiger partial charge in [-0.2, -0.15) is 0 Å². The highest BCUT2D eigenvalue weighted by atomic mass is 35.5. The molecule has 0 amide bonds. The van der Waals surface area contributed by atoms with Gasteiger partial charge in [0, 0.05) is 11.6 Å². The smallest absolute Gasteiger partial charge is 0.223 e. The molecule has 2 aromatic rings. The van der Waals surface area contributed by atoms with Crippen molar-refractivity contribution in [2.24, 2.45) is 0 Å². The highest BCUT2D eigenvalue weighted by Crippen LogP contribution is 2.42. The molecular formula is C11H11ClN2O3. The fraction of sp³-hybridized carbons (Fsp3) is 0.273. The molecule has 0 atom stereocenters. The van der Waals surface area contributed by atoms with Crippen LogP contribution in [0.1, 0.15) is 0 Å². The lowest BCUT2D eigenvalue weighted by atomic mass is 10.2. The molecule has 6 heteroatoms. The van der Waals surface area contributed by atoms with Crippen LogP contribution in [0.3, 0.4) is 0 Å². The SMILES string of the molecule is COc1cc2cnc(Cl)nc2c(OC)c1OC. The summed E-state index contributed by atoms with van der Waals surface area (Å²) in [6, 6.07) is 1.77. The van der Waals surface area contributed by atoms with E-state index in [0.717, 1.165) is 5.39 Å². The van der Waals surface area contributed by atoms with Gasteiger partial charge in [0.25, 0.3) is 0 Å². The Kier molecular flexibility index (Phi) is 3.19. The van der Waals surface area contributed by atoms with Crippen LogP contribution in [0.25, 0.3) is 10.9 Å². The number of methoxy groups -OCH3 is 3. The summed E-state index contributed by atoms with van der Waals surface area (Å²) in [4.78, 5) is 8.04. The normalized spacial score (nSPS) is 10.4. The van der Waals surface area contributed by atoms with E-state index in [1.807, 2.05) is 0 Å². The molecule has 17 heavy (non-hydrogen) atoms. The fourth-order valence-electron chi connectivity index (χ4n) is 1.62. The quantitative estimate of drug-likeness (QED) is 0.787. The summed E-state index contributed by atoms with van der Waals surface area (Å²) >= 11 is 5.77. The largest absolute Gasteiger partial charge is 0.493 e. The molecule has 0 aliphatic carbocycles. The molecule has 0 fully saturated rings. The van der Waals surface area contributed by atoms with Crippen molar-refractivity contribution in [1.82, 2.24) is 9.97 Å². The van der Waals surface area contributed by atoms with Gasteiger partial charge in [-0.3, -0.25) is 0 Å². The van der Waals surface area contributed by atoms with E-state index in [1.165, 1.54) is 14.2 Å². The average Bonchev–Trinajstić information content (AvgIpc) is 2.36. The Bertz CT molecular complexity index is 560. The fourth-order valence-corrected chi connectivity index (χ4v) is 1.75. The first kappa shape index (κ1) is 11.7. The van der Waals surface area contributed by atoms with Gasteiger partial charge in [-0.15, -0.1) is 0 Å². The van der Waals surface area contributed by atoms with Gasteiger partial charge in [-0.1, -0.05) is 0 Å². The van der Waals surface area contributed by atoms with E-state index in [4.69, 9.17) is 25.8 Å². The van der Waals surface area contributed by atoms with Gasteiger partial charge in [-0.05, 0) is 17.7 Å². The lowest BCUT2D eigenvalue weighted by Crippen LogP contribution is -1.97. The van der Waals surface area contributed by atoms with Gasteiger partial charge >= 0.3 is 0 Å². The summed E-state index contributed by atoms with van der Waals surface area (Å²) in [5.74, 6) is 1.52. The van der Waals surface area contributed by atoms with Crippen LogP contribution in [0.15, 0.2) is 12.3 Å². The van der Waals surface area contributed by atoms with Crippen LogP contribution in [0, 0.1) is 0 Å². The summed E-state index contributed by atoms with van der Waals surface area (Å²) in [5, 5.41) is 0.923. The van der Waals surface area contributed by atoms with Crippen molar-refractivity contribution < 1.29 is 14.2 Å². The van der Waals surface area contributed by atoms with Crippen molar-refractivity contribution in [2.75, 3.05) is 21.3 Å². The van der Waals surface area contributed by atoms with Gasteiger partial charge in [0.1, 0.15) is 5.52 Å². The Morgan fingerprint density at radius 2 is 1.76 bits per heavy atom. The summed E-state index contributed by atoms with van der Waals surface area (Å²) in [6.45, 7) is 0. The van der Waals surface area contributed by atoms with Crippen LogP contribution >= 0.6 is 11.6 Å². The number of fused-ring (bicyclic) bond motifs is 1. The zero-order valence-electron chi connectivity index (χ0n) is 9.65. The molecule has 1 heterocycles. The minimum absolute atomic E-state index is 0.156. The Morgan fingerprint density at radius 3 is 2.35 bits per heavy atom. The summed E-state index contributed by atoms with van der Waals surface area (Å²) < 4.78 is 15.8. The van der Waals surface area contributed by atoms with Gasteiger partial charge in [-0.25, -0.2) is 9.97 Å². The van der Waals surface area contributed by atoms with E-state index in [0.29, 0.717) is 22.8 Å². The first-order valence-electron chi connectivity index (χ1n) is 4.82. The molecule has 0 bridgehead atoms. The van der Waals surface area contributed by atoms with E-state index in [-0.39, 0.29) is 5.28 Å². The van der Waals surface area contributed by atoms with Crippen LogP contribution in [-0.2, 0) is 0 Å². The third-order valence-electron chi connectivity index (χ3n) is 2.35. The number of ether oxygens (including phenoxy) is 3. The average molecular weight is 255 g/mol. The third kappa shape index (κ3) is 1.93. The molecule has 1 aromatic carbocycles. The van der Waals surface area contributed by atoms with Crippen LogP contribution in [0.5, 0.6) is 17.2 Å². The van der Waals surface area contributed by atoms with E-state index < -0.39 is 0 Å². The van der Waals surface area contributed by atoms with Crippen molar-refractivity contribution in [3.63, 3.8) is 0 Å². The standard InChI is InChI=1S/C11H11ClN2O3/c1-15-7-4-6-5-13-11(12)14-8(6)10(17-3)9(7)16-2/h4-5H,1-3H3.